The van der Waals surface area contributed by atoms with Gasteiger partial charge in [0.1, 0.15) is 0 Å². The fourth-order valence-electron chi connectivity index (χ4n) is 1.61. The molecule has 0 radical (unpaired) electrons. The summed E-state index contributed by atoms with van der Waals surface area (Å²) in [6, 6.07) is 6.44. The highest BCUT2D eigenvalue weighted by Gasteiger charge is 2.29. The van der Waals surface area contributed by atoms with Crippen molar-refractivity contribution in [1.82, 2.24) is 10.1 Å². The Balaban J connectivity index is 1.89. The van der Waals surface area contributed by atoms with Crippen LogP contribution in [0.5, 0.6) is 0 Å². The summed E-state index contributed by atoms with van der Waals surface area (Å²) in [4.78, 5) is 15.0. The first kappa shape index (κ1) is 10.0. The lowest BCUT2D eigenvalue weighted by atomic mass is 10.1. The van der Waals surface area contributed by atoms with Crippen LogP contribution in [0.15, 0.2) is 28.8 Å². The molecule has 86 valence electrons. The highest BCUT2D eigenvalue weighted by atomic mass is 16.5. The Hall–Kier alpha value is -2.17. The minimum absolute atomic E-state index is 0.250. The van der Waals surface area contributed by atoms with Crippen molar-refractivity contribution in [3.63, 3.8) is 0 Å². The van der Waals surface area contributed by atoms with Gasteiger partial charge in [-0.05, 0) is 25.0 Å². The molecule has 2 aromatic rings. The summed E-state index contributed by atoms with van der Waals surface area (Å²) in [6.45, 7) is 0. The topological polar surface area (TPSA) is 76.2 Å². The van der Waals surface area contributed by atoms with Gasteiger partial charge in [0, 0.05) is 11.5 Å². The first-order chi connectivity index (χ1) is 8.24. The van der Waals surface area contributed by atoms with E-state index in [1.165, 1.54) is 12.1 Å². The molecule has 1 fully saturated rings. The summed E-state index contributed by atoms with van der Waals surface area (Å²) in [5.41, 5.74) is 1.02. The number of hydrogen-bond acceptors (Lipinski definition) is 4. The SMILES string of the molecule is O=C(O)c1ccc(-c2noc(C3CC3)n2)cc1. The van der Waals surface area contributed by atoms with Gasteiger partial charge in [-0.3, -0.25) is 0 Å². The maximum atomic E-state index is 10.7. The Morgan fingerprint density at radius 1 is 1.29 bits per heavy atom. The summed E-state index contributed by atoms with van der Waals surface area (Å²) >= 11 is 0. The molecule has 0 aliphatic heterocycles. The second-order valence-electron chi connectivity index (χ2n) is 4.11. The third-order valence-electron chi connectivity index (χ3n) is 2.76. The maximum absolute atomic E-state index is 10.7. The Kier molecular flexibility index (Phi) is 2.18. The van der Waals surface area contributed by atoms with Crippen molar-refractivity contribution in [2.45, 2.75) is 18.8 Å². The monoisotopic (exact) mass is 230 g/mol. The zero-order valence-corrected chi connectivity index (χ0v) is 8.96. The Labute approximate surface area is 97.1 Å². The van der Waals surface area contributed by atoms with E-state index < -0.39 is 5.97 Å². The summed E-state index contributed by atoms with van der Waals surface area (Å²) in [7, 11) is 0. The Morgan fingerprint density at radius 3 is 2.59 bits per heavy atom. The van der Waals surface area contributed by atoms with E-state index in [0.29, 0.717) is 17.6 Å². The molecule has 1 aliphatic carbocycles. The van der Waals surface area contributed by atoms with Gasteiger partial charge in [0.15, 0.2) is 0 Å². The van der Waals surface area contributed by atoms with Gasteiger partial charge in [0.25, 0.3) is 0 Å². The summed E-state index contributed by atoms with van der Waals surface area (Å²) in [5, 5.41) is 12.7. The highest BCUT2D eigenvalue weighted by molar-refractivity contribution is 5.88. The lowest BCUT2D eigenvalue weighted by Crippen LogP contribution is -1.95. The summed E-state index contributed by atoms with van der Waals surface area (Å²) in [5.74, 6) is 0.684. The molecular weight excluding hydrogens is 220 g/mol. The molecule has 1 heterocycles. The number of carboxylic acids is 1. The molecular formula is C12H10N2O3. The summed E-state index contributed by atoms with van der Waals surface area (Å²) in [6.07, 6.45) is 2.22. The fourth-order valence-corrected chi connectivity index (χ4v) is 1.61. The number of carboxylic acid groups (broad SMARTS) is 1. The van der Waals surface area contributed by atoms with Crippen LogP contribution in [0, 0.1) is 0 Å². The van der Waals surface area contributed by atoms with Crippen LogP contribution in [0.3, 0.4) is 0 Å². The largest absolute Gasteiger partial charge is 0.478 e. The van der Waals surface area contributed by atoms with Crippen molar-refractivity contribution >= 4 is 5.97 Å². The van der Waals surface area contributed by atoms with Crippen LogP contribution in [0.2, 0.25) is 0 Å². The van der Waals surface area contributed by atoms with Crippen LogP contribution in [0.1, 0.15) is 35.0 Å². The predicted octanol–water partition coefficient (Wildman–Crippen LogP) is 2.31. The molecule has 0 amide bonds. The first-order valence-electron chi connectivity index (χ1n) is 5.41. The third kappa shape index (κ3) is 1.91. The quantitative estimate of drug-likeness (QED) is 0.875. The molecule has 5 heteroatoms. The Morgan fingerprint density at radius 2 is 2.00 bits per heavy atom. The van der Waals surface area contributed by atoms with Crippen LogP contribution in [-0.2, 0) is 0 Å². The average Bonchev–Trinajstić information content (AvgIpc) is 3.07. The fraction of sp³-hybridized carbons (Fsp3) is 0.250. The van der Waals surface area contributed by atoms with E-state index in [-0.39, 0.29) is 5.56 Å². The highest BCUT2D eigenvalue weighted by Crippen LogP contribution is 2.39. The maximum Gasteiger partial charge on any atom is 0.335 e. The first-order valence-corrected chi connectivity index (χ1v) is 5.41. The second kappa shape index (κ2) is 3.69. The number of benzene rings is 1. The van der Waals surface area contributed by atoms with Crippen molar-refractivity contribution in [3.8, 4) is 11.4 Å². The van der Waals surface area contributed by atoms with Crippen LogP contribution in [0.4, 0.5) is 0 Å². The molecule has 1 aliphatic rings. The third-order valence-corrected chi connectivity index (χ3v) is 2.76. The van der Waals surface area contributed by atoms with E-state index in [0.717, 1.165) is 18.4 Å². The number of nitrogens with zero attached hydrogens (tertiary/aromatic N) is 2. The minimum Gasteiger partial charge on any atom is -0.478 e. The molecule has 1 saturated carbocycles. The van der Waals surface area contributed by atoms with Crippen molar-refractivity contribution < 1.29 is 14.4 Å². The molecule has 1 aromatic heterocycles. The van der Waals surface area contributed by atoms with Crippen LogP contribution in [-0.4, -0.2) is 21.2 Å². The molecule has 5 nitrogen and oxygen atoms in total. The van der Waals surface area contributed by atoms with Gasteiger partial charge in [0.05, 0.1) is 5.56 Å². The minimum atomic E-state index is -0.941. The number of rotatable bonds is 3. The van der Waals surface area contributed by atoms with Gasteiger partial charge in [-0.25, -0.2) is 4.79 Å². The van der Waals surface area contributed by atoms with E-state index in [4.69, 9.17) is 9.63 Å². The standard InChI is InChI=1S/C12H10N2O3/c15-12(16)9-5-1-7(2-6-9)10-13-11(17-14-10)8-3-4-8/h1-2,5-6,8H,3-4H2,(H,15,16). The zero-order valence-electron chi connectivity index (χ0n) is 8.96. The van der Waals surface area contributed by atoms with Gasteiger partial charge in [-0.1, -0.05) is 17.3 Å². The summed E-state index contributed by atoms with van der Waals surface area (Å²) < 4.78 is 5.14. The van der Waals surface area contributed by atoms with Crippen molar-refractivity contribution in [3.05, 3.63) is 35.7 Å². The number of aromatic nitrogens is 2. The molecule has 0 unspecified atom stereocenters. The molecule has 17 heavy (non-hydrogen) atoms. The van der Waals surface area contributed by atoms with Crippen LogP contribution >= 0.6 is 0 Å². The molecule has 0 atom stereocenters. The van der Waals surface area contributed by atoms with E-state index in [9.17, 15) is 4.79 Å². The number of carbonyl (C=O) groups is 1. The lowest BCUT2D eigenvalue weighted by molar-refractivity contribution is 0.0697. The van der Waals surface area contributed by atoms with Crippen LogP contribution < -0.4 is 0 Å². The molecule has 0 bridgehead atoms. The molecule has 0 spiro atoms. The van der Waals surface area contributed by atoms with Gasteiger partial charge in [-0.15, -0.1) is 0 Å². The second-order valence-corrected chi connectivity index (χ2v) is 4.11. The van der Waals surface area contributed by atoms with Gasteiger partial charge >= 0.3 is 5.97 Å². The zero-order chi connectivity index (χ0) is 11.8. The molecule has 0 saturated heterocycles. The average molecular weight is 230 g/mol. The lowest BCUT2D eigenvalue weighted by Gasteiger charge is -1.95. The molecule has 3 rings (SSSR count). The number of aromatic carboxylic acids is 1. The van der Waals surface area contributed by atoms with Crippen molar-refractivity contribution in [1.29, 1.82) is 0 Å². The smallest absolute Gasteiger partial charge is 0.335 e. The van der Waals surface area contributed by atoms with E-state index in [1.54, 1.807) is 12.1 Å². The van der Waals surface area contributed by atoms with E-state index in [2.05, 4.69) is 10.1 Å². The van der Waals surface area contributed by atoms with Crippen molar-refractivity contribution in [2.24, 2.45) is 0 Å². The van der Waals surface area contributed by atoms with E-state index >= 15 is 0 Å². The number of hydrogen-bond donors (Lipinski definition) is 1. The van der Waals surface area contributed by atoms with Gasteiger partial charge in [-0.2, -0.15) is 4.98 Å². The van der Waals surface area contributed by atoms with E-state index in [1.807, 2.05) is 0 Å². The normalized spacial score (nSPS) is 14.8. The van der Waals surface area contributed by atoms with Crippen LogP contribution in [0.25, 0.3) is 11.4 Å². The van der Waals surface area contributed by atoms with Gasteiger partial charge < -0.3 is 9.63 Å². The predicted molar refractivity (Wildman–Crippen MR) is 58.7 cm³/mol. The van der Waals surface area contributed by atoms with Gasteiger partial charge in [0.2, 0.25) is 11.7 Å². The van der Waals surface area contributed by atoms with Crippen molar-refractivity contribution in [2.75, 3.05) is 0 Å². The molecule has 1 N–H and O–H groups in total. The Bertz CT molecular complexity index is 555. The molecule has 1 aromatic carbocycles.